The first-order valence-corrected chi connectivity index (χ1v) is 11.5. The molecule has 0 aliphatic heterocycles. The molecule has 0 aliphatic carbocycles. The summed E-state index contributed by atoms with van der Waals surface area (Å²) in [4.78, 5) is 26.1. The third-order valence-corrected chi connectivity index (χ3v) is 6.11. The van der Waals surface area contributed by atoms with Gasteiger partial charge < -0.3 is 9.84 Å². The average molecular weight is 449 g/mol. The molecular formula is C27H28O4S. The number of thiophene rings is 1. The molecule has 1 atom stereocenters. The second-order valence-electron chi connectivity index (χ2n) is 8.05. The number of rotatable bonds is 10. The molecule has 1 heterocycles. The van der Waals surface area contributed by atoms with Crippen LogP contribution in [-0.4, -0.2) is 23.1 Å². The lowest BCUT2D eigenvalue weighted by atomic mass is 10.1. The zero-order chi connectivity index (χ0) is 22.9. The first-order valence-electron chi connectivity index (χ1n) is 10.7. The molecule has 0 spiro atoms. The summed E-state index contributed by atoms with van der Waals surface area (Å²) in [6, 6.07) is 21.3. The summed E-state index contributed by atoms with van der Waals surface area (Å²) in [5, 5.41) is 8.96. The third kappa shape index (κ3) is 7.20. The van der Waals surface area contributed by atoms with Gasteiger partial charge in [0.2, 0.25) is 0 Å². The van der Waals surface area contributed by atoms with E-state index in [0.717, 1.165) is 12.8 Å². The summed E-state index contributed by atoms with van der Waals surface area (Å²) in [6.07, 6.45) is 5.24. The Bertz CT molecular complexity index is 1070. The second-order valence-corrected chi connectivity index (χ2v) is 9.30. The van der Waals surface area contributed by atoms with Crippen LogP contribution in [0.4, 0.5) is 0 Å². The van der Waals surface area contributed by atoms with Crippen molar-refractivity contribution in [3.63, 3.8) is 0 Å². The van der Waals surface area contributed by atoms with Crippen LogP contribution in [-0.2, 0) is 28.8 Å². The molecule has 1 aromatic heterocycles. The molecule has 166 valence electrons. The van der Waals surface area contributed by atoms with E-state index in [-0.39, 0.29) is 18.4 Å². The fourth-order valence-electron chi connectivity index (χ4n) is 3.31. The number of ether oxygens (including phenoxy) is 1. The van der Waals surface area contributed by atoms with Crippen LogP contribution in [0.3, 0.4) is 0 Å². The topological polar surface area (TPSA) is 63.6 Å². The monoisotopic (exact) mass is 448 g/mol. The van der Waals surface area contributed by atoms with Crippen molar-refractivity contribution in [2.24, 2.45) is 5.92 Å². The van der Waals surface area contributed by atoms with Crippen LogP contribution in [0.15, 0.2) is 78.9 Å². The highest BCUT2D eigenvalue weighted by Gasteiger charge is 2.17. The SMILES string of the molecule is CC(C)C(C=CCc1ccc(Cc2ccccc2)s1)OC(=O)c1cccc(CC(=O)O)c1. The van der Waals surface area contributed by atoms with Crippen molar-refractivity contribution in [3.05, 3.63) is 105 Å². The summed E-state index contributed by atoms with van der Waals surface area (Å²) < 4.78 is 5.71. The van der Waals surface area contributed by atoms with E-state index in [2.05, 4.69) is 42.5 Å². The summed E-state index contributed by atoms with van der Waals surface area (Å²) in [6.45, 7) is 4.01. The van der Waals surface area contributed by atoms with Gasteiger partial charge in [0.25, 0.3) is 0 Å². The summed E-state index contributed by atoms with van der Waals surface area (Å²) in [5.74, 6) is -1.25. The molecule has 3 aromatic rings. The first-order chi connectivity index (χ1) is 15.4. The van der Waals surface area contributed by atoms with E-state index >= 15 is 0 Å². The molecule has 0 amide bonds. The van der Waals surface area contributed by atoms with E-state index in [1.807, 2.05) is 26.0 Å². The molecule has 0 radical (unpaired) electrons. The van der Waals surface area contributed by atoms with E-state index < -0.39 is 11.9 Å². The number of carbonyl (C=O) groups is 2. The number of hydrogen-bond donors (Lipinski definition) is 1. The van der Waals surface area contributed by atoms with Crippen LogP contribution in [0.5, 0.6) is 0 Å². The lowest BCUT2D eigenvalue weighted by Crippen LogP contribution is -2.21. The highest BCUT2D eigenvalue weighted by atomic mass is 32.1. The van der Waals surface area contributed by atoms with Gasteiger partial charge in [-0.1, -0.05) is 62.4 Å². The van der Waals surface area contributed by atoms with E-state index in [0.29, 0.717) is 11.1 Å². The second kappa shape index (κ2) is 11.4. The zero-order valence-corrected chi connectivity index (χ0v) is 19.2. The van der Waals surface area contributed by atoms with Gasteiger partial charge in [0.15, 0.2) is 0 Å². The zero-order valence-electron chi connectivity index (χ0n) is 18.4. The van der Waals surface area contributed by atoms with Gasteiger partial charge in [0.05, 0.1) is 12.0 Å². The van der Waals surface area contributed by atoms with E-state index in [1.54, 1.807) is 35.6 Å². The standard InChI is InChI=1S/C27H28O4S/c1-19(2)25(31-27(30)22-11-6-10-21(16-22)18-26(28)29)13-7-12-23-14-15-24(32-23)17-20-8-4-3-5-9-20/h3-11,13-16,19,25H,12,17-18H2,1-2H3,(H,28,29). The van der Waals surface area contributed by atoms with Crippen molar-refractivity contribution in [1.82, 2.24) is 0 Å². The number of carboxylic acid groups (broad SMARTS) is 1. The molecule has 0 saturated heterocycles. The molecule has 32 heavy (non-hydrogen) atoms. The number of allylic oxidation sites excluding steroid dienone is 1. The highest BCUT2D eigenvalue weighted by Crippen LogP contribution is 2.21. The lowest BCUT2D eigenvalue weighted by Gasteiger charge is -2.18. The van der Waals surface area contributed by atoms with Gasteiger partial charge >= 0.3 is 11.9 Å². The molecule has 3 rings (SSSR count). The van der Waals surface area contributed by atoms with Crippen LogP contribution >= 0.6 is 11.3 Å². The van der Waals surface area contributed by atoms with Gasteiger partial charge in [0.1, 0.15) is 6.10 Å². The van der Waals surface area contributed by atoms with Gasteiger partial charge in [-0.25, -0.2) is 4.79 Å². The van der Waals surface area contributed by atoms with E-state index in [9.17, 15) is 9.59 Å². The maximum absolute atomic E-state index is 12.6. The van der Waals surface area contributed by atoms with Crippen LogP contribution in [0, 0.1) is 5.92 Å². The summed E-state index contributed by atoms with van der Waals surface area (Å²) in [7, 11) is 0. The Labute approximate surface area is 193 Å². The fourth-order valence-corrected chi connectivity index (χ4v) is 4.34. The molecule has 4 nitrogen and oxygen atoms in total. The summed E-state index contributed by atoms with van der Waals surface area (Å²) >= 11 is 1.80. The Morgan fingerprint density at radius 3 is 2.41 bits per heavy atom. The van der Waals surface area contributed by atoms with E-state index in [4.69, 9.17) is 9.84 Å². The highest BCUT2D eigenvalue weighted by molar-refractivity contribution is 7.12. The van der Waals surface area contributed by atoms with Gasteiger partial charge in [-0.2, -0.15) is 0 Å². The molecule has 2 aromatic carbocycles. The number of carboxylic acids is 1. The Balaban J connectivity index is 1.58. The van der Waals surface area contributed by atoms with Crippen molar-refractivity contribution in [2.45, 2.75) is 39.2 Å². The predicted octanol–water partition coefficient (Wildman–Crippen LogP) is 5.95. The van der Waals surface area contributed by atoms with Crippen LogP contribution in [0.2, 0.25) is 0 Å². The van der Waals surface area contributed by atoms with Crippen molar-refractivity contribution >= 4 is 23.3 Å². The van der Waals surface area contributed by atoms with Gasteiger partial charge in [0, 0.05) is 16.2 Å². The van der Waals surface area contributed by atoms with Crippen LogP contribution in [0.25, 0.3) is 0 Å². The lowest BCUT2D eigenvalue weighted by molar-refractivity contribution is -0.136. The van der Waals surface area contributed by atoms with E-state index in [1.165, 1.54) is 15.3 Å². The van der Waals surface area contributed by atoms with Crippen molar-refractivity contribution in [2.75, 3.05) is 0 Å². The maximum Gasteiger partial charge on any atom is 0.338 e. The van der Waals surface area contributed by atoms with Crippen LogP contribution in [0.1, 0.15) is 45.1 Å². The Morgan fingerprint density at radius 2 is 1.69 bits per heavy atom. The first kappa shape index (κ1) is 23.5. The van der Waals surface area contributed by atoms with Crippen molar-refractivity contribution in [1.29, 1.82) is 0 Å². The van der Waals surface area contributed by atoms with Crippen molar-refractivity contribution < 1.29 is 19.4 Å². The molecule has 1 unspecified atom stereocenters. The minimum Gasteiger partial charge on any atom is -0.481 e. The largest absolute Gasteiger partial charge is 0.481 e. The van der Waals surface area contributed by atoms with Gasteiger partial charge in [-0.05, 0) is 53.8 Å². The number of benzene rings is 2. The van der Waals surface area contributed by atoms with Crippen molar-refractivity contribution in [3.8, 4) is 0 Å². The maximum atomic E-state index is 12.6. The molecule has 0 saturated carbocycles. The number of aliphatic carboxylic acids is 1. The number of esters is 1. The minimum absolute atomic E-state index is 0.120. The van der Waals surface area contributed by atoms with Gasteiger partial charge in [-0.15, -0.1) is 11.3 Å². The molecule has 5 heteroatoms. The smallest absolute Gasteiger partial charge is 0.338 e. The Kier molecular flexibility index (Phi) is 8.40. The quantitative estimate of drug-likeness (QED) is 0.308. The predicted molar refractivity (Wildman–Crippen MR) is 128 cm³/mol. The average Bonchev–Trinajstić information content (AvgIpc) is 3.20. The molecule has 0 fully saturated rings. The Morgan fingerprint density at radius 1 is 0.969 bits per heavy atom. The number of carbonyl (C=O) groups excluding carboxylic acids is 1. The third-order valence-electron chi connectivity index (χ3n) is 5.00. The minimum atomic E-state index is -0.931. The normalized spacial score (nSPS) is 12.2. The molecule has 1 N–H and O–H groups in total. The Hall–Kier alpha value is -3.18. The fraction of sp³-hybridized carbons (Fsp3) is 0.259. The molecule has 0 aliphatic rings. The molecule has 0 bridgehead atoms. The summed E-state index contributed by atoms with van der Waals surface area (Å²) in [5.41, 5.74) is 2.25. The number of hydrogen-bond acceptors (Lipinski definition) is 4. The van der Waals surface area contributed by atoms with Gasteiger partial charge in [-0.3, -0.25) is 4.79 Å². The molecular weight excluding hydrogens is 420 g/mol. The van der Waals surface area contributed by atoms with Crippen LogP contribution < -0.4 is 0 Å².